The second-order valence-electron chi connectivity index (χ2n) is 7.98. The van der Waals surface area contributed by atoms with E-state index in [1.807, 2.05) is 0 Å². The number of benzene rings is 1. The molecule has 176 valence electrons. The average molecular weight is 453 g/mol. The van der Waals surface area contributed by atoms with Crippen LogP contribution in [-0.4, -0.2) is 30.6 Å². The lowest BCUT2D eigenvalue weighted by molar-refractivity contribution is -0.143. The van der Waals surface area contributed by atoms with Gasteiger partial charge in [-0.1, -0.05) is 20.3 Å². The minimum Gasteiger partial charge on any atom is -0.420 e. The van der Waals surface area contributed by atoms with E-state index >= 15 is 0 Å². The third-order valence-corrected chi connectivity index (χ3v) is 4.43. The van der Waals surface area contributed by atoms with E-state index in [1.165, 1.54) is 0 Å². The van der Waals surface area contributed by atoms with Gasteiger partial charge in [0.15, 0.2) is 0 Å². The molecule has 0 unspecified atom stereocenters. The minimum absolute atomic E-state index is 0.235. The van der Waals surface area contributed by atoms with Gasteiger partial charge in [0.2, 0.25) is 34.8 Å². The summed E-state index contributed by atoms with van der Waals surface area (Å²) in [5, 5.41) is 2.72. The Kier molecular flexibility index (Phi) is 10.4. The highest BCUT2D eigenvalue weighted by atomic mass is 19.2. The summed E-state index contributed by atoms with van der Waals surface area (Å²) in [6, 6.07) is 0. The van der Waals surface area contributed by atoms with E-state index in [9.17, 15) is 31.5 Å². The molecule has 0 heterocycles. The molecule has 0 radical (unpaired) electrons. The second kappa shape index (κ2) is 12.0. The lowest BCUT2D eigenvalue weighted by Gasteiger charge is -2.24. The van der Waals surface area contributed by atoms with Crippen LogP contribution in [-0.2, 0) is 14.3 Å². The van der Waals surface area contributed by atoms with Gasteiger partial charge in [0.25, 0.3) is 5.91 Å². The Hall–Kier alpha value is -2.23. The van der Waals surface area contributed by atoms with Crippen molar-refractivity contribution < 1.29 is 41.0 Å². The first-order chi connectivity index (χ1) is 14.4. The van der Waals surface area contributed by atoms with Crippen molar-refractivity contribution in [1.82, 2.24) is 5.32 Å². The Morgan fingerprint density at radius 3 is 2.00 bits per heavy atom. The molecule has 31 heavy (non-hydrogen) atoms. The van der Waals surface area contributed by atoms with Crippen LogP contribution in [0.5, 0.6) is 5.75 Å². The van der Waals surface area contributed by atoms with Crippen molar-refractivity contribution >= 4 is 11.9 Å². The standard InChI is InChI=1S/C21H28F5NO4/c1-12(2)9-11-30-21(3,4)20(29)27-10-7-5-6-8-13(28)31-19-17(25)15(23)14(22)16(24)18(19)26/h12H,5-11H2,1-4H3,(H,27,29). The average Bonchev–Trinajstić information content (AvgIpc) is 2.70. The number of carbonyl (C=O) groups is 2. The minimum atomic E-state index is -2.33. The van der Waals surface area contributed by atoms with Crippen molar-refractivity contribution in [1.29, 1.82) is 0 Å². The van der Waals surface area contributed by atoms with Gasteiger partial charge in [0.1, 0.15) is 5.60 Å². The lowest BCUT2D eigenvalue weighted by atomic mass is 10.1. The molecule has 1 aromatic carbocycles. The van der Waals surface area contributed by atoms with E-state index in [1.54, 1.807) is 13.8 Å². The Balaban J connectivity index is 2.35. The number of carbonyl (C=O) groups excluding carboxylic acids is 2. The van der Waals surface area contributed by atoms with Gasteiger partial charge in [-0.3, -0.25) is 9.59 Å². The summed E-state index contributed by atoms with van der Waals surface area (Å²) in [5.41, 5.74) is -0.980. The summed E-state index contributed by atoms with van der Waals surface area (Å²) in [6.45, 7) is 8.21. The molecular formula is C21H28F5NO4. The fraction of sp³-hybridized carbons (Fsp3) is 0.619. The van der Waals surface area contributed by atoms with Crippen LogP contribution in [0.25, 0.3) is 0 Å². The number of esters is 1. The van der Waals surface area contributed by atoms with Gasteiger partial charge in [0, 0.05) is 19.6 Å². The van der Waals surface area contributed by atoms with Crippen molar-refractivity contribution in [2.45, 2.75) is 65.4 Å². The van der Waals surface area contributed by atoms with Gasteiger partial charge in [-0.15, -0.1) is 0 Å². The molecule has 1 aromatic rings. The maximum atomic E-state index is 13.5. The lowest BCUT2D eigenvalue weighted by Crippen LogP contribution is -2.44. The van der Waals surface area contributed by atoms with Crippen LogP contribution in [0, 0.1) is 35.0 Å². The molecule has 0 aliphatic carbocycles. The number of hydrogen-bond acceptors (Lipinski definition) is 4. The monoisotopic (exact) mass is 453 g/mol. The van der Waals surface area contributed by atoms with Crippen molar-refractivity contribution in [3.63, 3.8) is 0 Å². The van der Waals surface area contributed by atoms with Crippen LogP contribution < -0.4 is 10.1 Å². The van der Waals surface area contributed by atoms with Crippen LogP contribution in [0.15, 0.2) is 0 Å². The van der Waals surface area contributed by atoms with E-state index in [0.29, 0.717) is 31.9 Å². The molecule has 1 N–H and O–H groups in total. The van der Waals surface area contributed by atoms with Crippen LogP contribution >= 0.6 is 0 Å². The first-order valence-electron chi connectivity index (χ1n) is 10.0. The number of amides is 1. The first-order valence-corrected chi connectivity index (χ1v) is 10.0. The summed E-state index contributed by atoms with van der Waals surface area (Å²) >= 11 is 0. The van der Waals surface area contributed by atoms with E-state index in [4.69, 9.17) is 4.74 Å². The normalized spacial score (nSPS) is 11.7. The van der Waals surface area contributed by atoms with Crippen molar-refractivity contribution in [2.24, 2.45) is 5.92 Å². The zero-order chi connectivity index (χ0) is 23.8. The smallest absolute Gasteiger partial charge is 0.311 e. The SMILES string of the molecule is CC(C)CCOC(C)(C)C(=O)NCCCCCC(=O)Oc1c(F)c(F)c(F)c(F)c1F. The Morgan fingerprint density at radius 2 is 1.45 bits per heavy atom. The van der Waals surface area contributed by atoms with Crippen LogP contribution in [0.4, 0.5) is 22.0 Å². The zero-order valence-electron chi connectivity index (χ0n) is 18.0. The molecule has 1 amide bonds. The molecule has 1 rings (SSSR count). The fourth-order valence-corrected chi connectivity index (χ4v) is 2.44. The molecular weight excluding hydrogens is 425 g/mol. The van der Waals surface area contributed by atoms with E-state index in [2.05, 4.69) is 23.9 Å². The second-order valence-corrected chi connectivity index (χ2v) is 7.98. The highest BCUT2D eigenvalue weighted by molar-refractivity contribution is 5.84. The molecule has 0 aromatic heterocycles. The summed E-state index contributed by atoms with van der Waals surface area (Å²) < 4.78 is 76.1. The van der Waals surface area contributed by atoms with Gasteiger partial charge in [-0.05, 0) is 39.0 Å². The quantitative estimate of drug-likeness (QED) is 0.123. The molecule has 0 aliphatic heterocycles. The van der Waals surface area contributed by atoms with Crippen molar-refractivity contribution in [3.05, 3.63) is 29.1 Å². The number of ether oxygens (including phenoxy) is 2. The molecule has 0 aliphatic rings. The third kappa shape index (κ3) is 8.08. The molecule has 0 spiro atoms. The number of hydrogen-bond donors (Lipinski definition) is 1. The predicted molar refractivity (Wildman–Crippen MR) is 103 cm³/mol. The van der Waals surface area contributed by atoms with Gasteiger partial charge >= 0.3 is 5.97 Å². The molecule has 5 nitrogen and oxygen atoms in total. The number of rotatable bonds is 12. The van der Waals surface area contributed by atoms with Gasteiger partial charge in [-0.25, -0.2) is 13.2 Å². The predicted octanol–water partition coefficient (Wildman–Crippen LogP) is 4.81. The van der Waals surface area contributed by atoms with Gasteiger partial charge in [-0.2, -0.15) is 8.78 Å². The third-order valence-electron chi connectivity index (χ3n) is 4.43. The summed E-state index contributed by atoms with van der Waals surface area (Å²) in [6.07, 6.45) is 1.73. The van der Waals surface area contributed by atoms with E-state index < -0.39 is 46.4 Å². The van der Waals surface area contributed by atoms with Gasteiger partial charge in [0.05, 0.1) is 0 Å². The number of halogens is 5. The van der Waals surface area contributed by atoms with E-state index in [0.717, 1.165) is 6.42 Å². The van der Waals surface area contributed by atoms with E-state index in [-0.39, 0.29) is 18.7 Å². The maximum absolute atomic E-state index is 13.5. The van der Waals surface area contributed by atoms with Crippen LogP contribution in [0.2, 0.25) is 0 Å². The van der Waals surface area contributed by atoms with Crippen LogP contribution in [0.1, 0.15) is 59.8 Å². The Labute approximate surface area is 178 Å². The van der Waals surface area contributed by atoms with Crippen molar-refractivity contribution in [2.75, 3.05) is 13.2 Å². The molecule has 0 saturated carbocycles. The molecule has 0 fully saturated rings. The highest BCUT2D eigenvalue weighted by Gasteiger charge is 2.29. The topological polar surface area (TPSA) is 64.6 Å². The number of nitrogens with one attached hydrogen (secondary N) is 1. The summed E-state index contributed by atoms with van der Waals surface area (Å²) in [5.74, 6) is -13.7. The Bertz CT molecular complexity index is 755. The molecule has 0 atom stereocenters. The summed E-state index contributed by atoms with van der Waals surface area (Å²) in [4.78, 5) is 23.8. The highest BCUT2D eigenvalue weighted by Crippen LogP contribution is 2.29. The summed E-state index contributed by atoms with van der Waals surface area (Å²) in [7, 11) is 0. The number of unbranched alkanes of at least 4 members (excludes halogenated alkanes) is 2. The van der Waals surface area contributed by atoms with Crippen LogP contribution in [0.3, 0.4) is 0 Å². The fourth-order valence-electron chi connectivity index (χ4n) is 2.44. The molecule has 10 heteroatoms. The van der Waals surface area contributed by atoms with Gasteiger partial charge < -0.3 is 14.8 Å². The Morgan fingerprint density at radius 1 is 0.903 bits per heavy atom. The molecule has 0 bridgehead atoms. The maximum Gasteiger partial charge on any atom is 0.311 e. The largest absolute Gasteiger partial charge is 0.420 e. The zero-order valence-corrected chi connectivity index (χ0v) is 18.0. The first kappa shape index (κ1) is 26.8. The molecule has 0 saturated heterocycles. The van der Waals surface area contributed by atoms with Crippen molar-refractivity contribution in [3.8, 4) is 5.75 Å².